The minimum absolute atomic E-state index is 0. The van der Waals surface area contributed by atoms with Crippen LogP contribution in [0.3, 0.4) is 0 Å². The van der Waals surface area contributed by atoms with Gasteiger partial charge in [-0.2, -0.15) is 0 Å². The highest BCUT2D eigenvalue weighted by Crippen LogP contribution is 2.26. The molecular weight excluding hydrogens is 475 g/mol. The molecule has 9 heteroatoms. The average Bonchev–Trinajstić information content (AvgIpc) is 2.68. The van der Waals surface area contributed by atoms with E-state index in [1.54, 1.807) is 20.2 Å². The fraction of sp³-hybridized carbons (Fsp3) is 0.316. The van der Waals surface area contributed by atoms with Gasteiger partial charge in [0, 0.05) is 25.7 Å². The number of hydrogen-bond acceptors (Lipinski definition) is 5. The summed E-state index contributed by atoms with van der Waals surface area (Å²) in [6, 6.07) is 13.9. The summed E-state index contributed by atoms with van der Waals surface area (Å²) in [6.45, 7) is 2.88. The Morgan fingerprint density at radius 3 is 2.54 bits per heavy atom. The standard InChI is InChI=1S/C19H24N4O4.HI/c1-14(27-18-10-5-4-9-17(18)26-3)12-21-19(20-2)22-13-15-7-6-8-16(11-15)23(24)25;/h4-11,14H,12-13H2,1-3H3,(H2,20,21,22);1H. The maximum Gasteiger partial charge on any atom is 0.269 e. The lowest BCUT2D eigenvalue weighted by atomic mass is 10.2. The number of aliphatic imine (C=N–C) groups is 1. The normalized spacial score (nSPS) is 11.8. The molecule has 0 saturated carbocycles. The Kier molecular flexibility index (Phi) is 10.1. The van der Waals surface area contributed by atoms with E-state index in [4.69, 9.17) is 9.47 Å². The Labute approximate surface area is 181 Å². The molecule has 1 atom stereocenters. The smallest absolute Gasteiger partial charge is 0.269 e. The second-order valence-electron chi connectivity index (χ2n) is 5.81. The van der Waals surface area contributed by atoms with Gasteiger partial charge < -0.3 is 20.1 Å². The van der Waals surface area contributed by atoms with Gasteiger partial charge >= 0.3 is 0 Å². The highest BCUT2D eigenvalue weighted by Gasteiger charge is 2.10. The summed E-state index contributed by atoms with van der Waals surface area (Å²) in [4.78, 5) is 14.6. The highest BCUT2D eigenvalue weighted by molar-refractivity contribution is 14.0. The van der Waals surface area contributed by atoms with Gasteiger partial charge in [0.1, 0.15) is 6.10 Å². The lowest BCUT2D eigenvalue weighted by Gasteiger charge is -2.19. The van der Waals surface area contributed by atoms with Crippen molar-refractivity contribution in [3.8, 4) is 11.5 Å². The van der Waals surface area contributed by atoms with Crippen molar-refractivity contribution in [3.05, 3.63) is 64.2 Å². The fourth-order valence-electron chi connectivity index (χ4n) is 2.40. The maximum atomic E-state index is 10.8. The Balaban J connectivity index is 0.00000392. The summed E-state index contributed by atoms with van der Waals surface area (Å²) in [6.07, 6.45) is -0.127. The molecule has 152 valence electrons. The van der Waals surface area contributed by atoms with Crippen LogP contribution in [-0.2, 0) is 6.54 Å². The number of guanidine groups is 1. The van der Waals surface area contributed by atoms with Crippen LogP contribution in [0, 0.1) is 10.1 Å². The second kappa shape index (κ2) is 12.0. The first-order chi connectivity index (χ1) is 13.0. The van der Waals surface area contributed by atoms with Crippen molar-refractivity contribution < 1.29 is 14.4 Å². The summed E-state index contributed by atoms with van der Waals surface area (Å²) in [5.41, 5.74) is 0.863. The van der Waals surface area contributed by atoms with Crippen LogP contribution in [0.25, 0.3) is 0 Å². The summed E-state index contributed by atoms with van der Waals surface area (Å²) in [5.74, 6) is 1.93. The molecule has 0 amide bonds. The molecule has 0 bridgehead atoms. The van der Waals surface area contributed by atoms with Crippen LogP contribution in [0.4, 0.5) is 5.69 Å². The predicted octanol–water partition coefficient (Wildman–Crippen LogP) is 3.35. The van der Waals surface area contributed by atoms with Crippen molar-refractivity contribution >= 4 is 35.6 Å². The van der Waals surface area contributed by atoms with E-state index < -0.39 is 4.92 Å². The topological polar surface area (TPSA) is 98.0 Å². The van der Waals surface area contributed by atoms with Crippen LogP contribution in [0.15, 0.2) is 53.5 Å². The molecule has 0 aliphatic carbocycles. The van der Waals surface area contributed by atoms with Crippen molar-refractivity contribution in [2.75, 3.05) is 20.7 Å². The Morgan fingerprint density at radius 2 is 1.89 bits per heavy atom. The second-order valence-corrected chi connectivity index (χ2v) is 5.81. The first kappa shape index (κ1) is 23.5. The van der Waals surface area contributed by atoms with E-state index >= 15 is 0 Å². The van der Waals surface area contributed by atoms with Gasteiger partial charge in [0.05, 0.1) is 18.6 Å². The largest absolute Gasteiger partial charge is 0.493 e. The number of rotatable bonds is 8. The number of para-hydroxylation sites is 2. The van der Waals surface area contributed by atoms with Crippen molar-refractivity contribution in [1.82, 2.24) is 10.6 Å². The summed E-state index contributed by atoms with van der Waals surface area (Å²) < 4.78 is 11.2. The molecule has 28 heavy (non-hydrogen) atoms. The molecular formula is C19H25IN4O4. The van der Waals surface area contributed by atoms with Crippen LogP contribution < -0.4 is 20.1 Å². The van der Waals surface area contributed by atoms with Crippen molar-refractivity contribution in [1.29, 1.82) is 0 Å². The highest BCUT2D eigenvalue weighted by atomic mass is 127. The summed E-state index contributed by atoms with van der Waals surface area (Å²) in [7, 11) is 3.26. The summed E-state index contributed by atoms with van der Waals surface area (Å²) >= 11 is 0. The Bertz CT molecular complexity index is 801. The molecule has 2 rings (SSSR count). The molecule has 2 aromatic rings. The van der Waals surface area contributed by atoms with E-state index in [2.05, 4.69) is 15.6 Å². The van der Waals surface area contributed by atoms with Gasteiger partial charge in [-0.05, 0) is 24.6 Å². The molecule has 0 radical (unpaired) electrons. The van der Waals surface area contributed by atoms with Gasteiger partial charge in [0.25, 0.3) is 5.69 Å². The third-order valence-corrected chi connectivity index (χ3v) is 3.76. The number of benzene rings is 2. The molecule has 0 fully saturated rings. The Hall–Kier alpha value is -2.56. The number of nitrogens with one attached hydrogen (secondary N) is 2. The number of nitro benzene ring substituents is 1. The first-order valence-corrected chi connectivity index (χ1v) is 8.51. The van der Waals surface area contributed by atoms with Gasteiger partial charge in [-0.15, -0.1) is 24.0 Å². The number of ether oxygens (including phenoxy) is 2. The van der Waals surface area contributed by atoms with Crippen molar-refractivity contribution in [2.24, 2.45) is 4.99 Å². The summed E-state index contributed by atoms with van der Waals surface area (Å²) in [5, 5.41) is 17.2. The third kappa shape index (κ3) is 7.22. The zero-order valence-corrected chi connectivity index (χ0v) is 18.4. The fourth-order valence-corrected chi connectivity index (χ4v) is 2.40. The number of hydrogen-bond donors (Lipinski definition) is 2. The van der Waals surface area contributed by atoms with Gasteiger partial charge in [0.2, 0.25) is 0 Å². The lowest BCUT2D eigenvalue weighted by molar-refractivity contribution is -0.384. The van der Waals surface area contributed by atoms with E-state index in [9.17, 15) is 10.1 Å². The van der Waals surface area contributed by atoms with Crippen molar-refractivity contribution in [2.45, 2.75) is 19.6 Å². The van der Waals surface area contributed by atoms with Gasteiger partial charge in [-0.3, -0.25) is 15.1 Å². The average molecular weight is 500 g/mol. The van der Waals surface area contributed by atoms with Crippen LogP contribution in [0.5, 0.6) is 11.5 Å². The maximum absolute atomic E-state index is 10.8. The number of non-ortho nitro benzene ring substituents is 1. The van der Waals surface area contributed by atoms with E-state index in [-0.39, 0.29) is 35.8 Å². The van der Waals surface area contributed by atoms with Crippen LogP contribution in [0.1, 0.15) is 12.5 Å². The van der Waals surface area contributed by atoms with E-state index in [0.717, 1.165) is 5.56 Å². The Morgan fingerprint density at radius 1 is 1.18 bits per heavy atom. The molecule has 0 spiro atoms. The number of nitro groups is 1. The number of nitrogens with zero attached hydrogens (tertiary/aromatic N) is 2. The van der Waals surface area contributed by atoms with Crippen LogP contribution >= 0.6 is 24.0 Å². The van der Waals surface area contributed by atoms with Crippen LogP contribution in [0.2, 0.25) is 0 Å². The first-order valence-electron chi connectivity index (χ1n) is 8.51. The zero-order valence-electron chi connectivity index (χ0n) is 16.0. The van der Waals surface area contributed by atoms with Gasteiger partial charge in [0.15, 0.2) is 17.5 Å². The molecule has 0 saturated heterocycles. The molecule has 0 aliphatic heterocycles. The molecule has 2 N–H and O–H groups in total. The predicted molar refractivity (Wildman–Crippen MR) is 120 cm³/mol. The third-order valence-electron chi connectivity index (χ3n) is 3.76. The zero-order chi connectivity index (χ0) is 19.6. The minimum atomic E-state index is -0.409. The number of methoxy groups -OCH3 is 1. The minimum Gasteiger partial charge on any atom is -0.493 e. The molecule has 1 unspecified atom stereocenters. The number of halogens is 1. The SMILES string of the molecule is CN=C(NCc1cccc([N+](=O)[O-])c1)NCC(C)Oc1ccccc1OC.I. The van der Waals surface area contributed by atoms with E-state index in [1.165, 1.54) is 12.1 Å². The van der Waals surface area contributed by atoms with E-state index in [0.29, 0.717) is 30.5 Å². The monoisotopic (exact) mass is 500 g/mol. The van der Waals surface area contributed by atoms with Crippen LogP contribution in [-0.4, -0.2) is 37.7 Å². The molecule has 2 aromatic carbocycles. The lowest BCUT2D eigenvalue weighted by Crippen LogP contribution is -2.41. The van der Waals surface area contributed by atoms with Gasteiger partial charge in [-0.25, -0.2) is 0 Å². The quantitative estimate of drug-likeness (QED) is 0.190. The molecule has 0 aromatic heterocycles. The van der Waals surface area contributed by atoms with Crippen molar-refractivity contribution in [3.63, 3.8) is 0 Å². The molecule has 8 nitrogen and oxygen atoms in total. The molecule has 0 aliphatic rings. The van der Waals surface area contributed by atoms with Gasteiger partial charge in [-0.1, -0.05) is 24.3 Å². The van der Waals surface area contributed by atoms with E-state index in [1.807, 2.05) is 37.3 Å². The molecule has 0 heterocycles.